The molecule has 0 unspecified atom stereocenters. The molecule has 4 rings (SSSR count). The van der Waals surface area contributed by atoms with Crippen LogP contribution in [0.25, 0.3) is 10.8 Å². The van der Waals surface area contributed by atoms with E-state index in [1.807, 2.05) is 50.2 Å². The first-order valence-electron chi connectivity index (χ1n) is 9.59. The average Bonchev–Trinajstić information content (AvgIpc) is 2.75. The van der Waals surface area contributed by atoms with Crippen molar-refractivity contribution in [1.82, 2.24) is 0 Å². The summed E-state index contributed by atoms with van der Waals surface area (Å²) in [6.07, 6.45) is 0. The summed E-state index contributed by atoms with van der Waals surface area (Å²) in [4.78, 5) is 24.8. The number of rotatable bonds is 4. The van der Waals surface area contributed by atoms with Gasteiger partial charge in [0.25, 0.3) is 0 Å². The van der Waals surface area contributed by atoms with Crippen LogP contribution in [0.5, 0.6) is 11.5 Å². The minimum atomic E-state index is -0.421. The molecule has 0 radical (unpaired) electrons. The third-order valence-corrected chi connectivity index (χ3v) is 4.78. The van der Waals surface area contributed by atoms with E-state index in [2.05, 4.69) is 0 Å². The minimum Gasteiger partial charge on any atom is -0.423 e. The van der Waals surface area contributed by atoms with Crippen LogP contribution in [0.15, 0.2) is 84.9 Å². The highest BCUT2D eigenvalue weighted by Gasteiger charge is 2.12. The molecular weight excluding hydrogens is 376 g/mol. The van der Waals surface area contributed by atoms with Crippen molar-refractivity contribution in [2.24, 2.45) is 0 Å². The van der Waals surface area contributed by atoms with Gasteiger partial charge >= 0.3 is 11.9 Å². The Morgan fingerprint density at radius 1 is 0.533 bits per heavy atom. The van der Waals surface area contributed by atoms with Gasteiger partial charge in [0.15, 0.2) is 0 Å². The third-order valence-electron chi connectivity index (χ3n) is 4.78. The fourth-order valence-electron chi connectivity index (χ4n) is 3.04. The van der Waals surface area contributed by atoms with Crippen LogP contribution in [-0.4, -0.2) is 11.9 Å². The predicted molar refractivity (Wildman–Crippen MR) is 116 cm³/mol. The van der Waals surface area contributed by atoms with E-state index in [1.165, 1.54) is 0 Å². The zero-order valence-corrected chi connectivity index (χ0v) is 16.7. The summed E-state index contributed by atoms with van der Waals surface area (Å²) in [6.45, 7) is 3.94. The molecule has 0 N–H and O–H groups in total. The number of hydrogen-bond donors (Lipinski definition) is 0. The number of aryl methyl sites for hydroxylation is 2. The quantitative estimate of drug-likeness (QED) is 0.319. The lowest BCUT2D eigenvalue weighted by Crippen LogP contribution is -2.09. The molecule has 0 aromatic heterocycles. The summed E-state index contributed by atoms with van der Waals surface area (Å²) in [7, 11) is 0. The first kappa shape index (κ1) is 19.4. The fourth-order valence-corrected chi connectivity index (χ4v) is 3.04. The molecule has 0 saturated carbocycles. The number of carbonyl (C=O) groups excluding carboxylic acids is 2. The number of benzene rings is 4. The number of carbonyl (C=O) groups is 2. The largest absolute Gasteiger partial charge is 0.423 e. The van der Waals surface area contributed by atoms with E-state index < -0.39 is 11.9 Å². The van der Waals surface area contributed by atoms with Gasteiger partial charge < -0.3 is 9.47 Å². The van der Waals surface area contributed by atoms with Crippen LogP contribution in [-0.2, 0) is 0 Å². The zero-order chi connectivity index (χ0) is 21.1. The van der Waals surface area contributed by atoms with Crippen molar-refractivity contribution in [1.29, 1.82) is 0 Å². The van der Waals surface area contributed by atoms with Gasteiger partial charge in [0.1, 0.15) is 11.5 Å². The summed E-state index contributed by atoms with van der Waals surface area (Å²) in [5, 5.41) is 1.71. The molecule has 0 fully saturated rings. The standard InChI is InChI=1S/C26H20O4/c1-17-3-7-19(8-4-17)25(27)30-24-14-11-20-15-22(10-9-21(20)16-24)26(28)29-23-12-5-18(2)6-13-23/h3-16H,1-2H3. The molecule has 4 aromatic rings. The zero-order valence-electron chi connectivity index (χ0n) is 16.7. The van der Waals surface area contributed by atoms with E-state index in [0.717, 1.165) is 21.9 Å². The maximum atomic E-state index is 12.4. The Morgan fingerprint density at radius 2 is 1.00 bits per heavy atom. The summed E-state index contributed by atoms with van der Waals surface area (Å²) >= 11 is 0. The van der Waals surface area contributed by atoms with Crippen LogP contribution in [0, 0.1) is 13.8 Å². The molecule has 4 aromatic carbocycles. The first-order valence-corrected chi connectivity index (χ1v) is 9.59. The Hall–Kier alpha value is -3.92. The van der Waals surface area contributed by atoms with Gasteiger partial charge in [-0.1, -0.05) is 47.5 Å². The molecule has 4 nitrogen and oxygen atoms in total. The molecule has 148 valence electrons. The molecule has 0 saturated heterocycles. The van der Waals surface area contributed by atoms with E-state index in [9.17, 15) is 9.59 Å². The number of esters is 2. The summed E-state index contributed by atoms with van der Waals surface area (Å²) in [5.41, 5.74) is 3.12. The van der Waals surface area contributed by atoms with Gasteiger partial charge in [-0.2, -0.15) is 0 Å². The summed E-state index contributed by atoms with van der Waals surface area (Å²) in [6, 6.07) is 25.1. The normalized spacial score (nSPS) is 10.6. The highest BCUT2D eigenvalue weighted by atomic mass is 16.5. The molecule has 0 aliphatic carbocycles. The molecule has 0 aliphatic rings. The van der Waals surface area contributed by atoms with Gasteiger partial charge in [-0.15, -0.1) is 0 Å². The Kier molecular flexibility index (Phi) is 5.31. The predicted octanol–water partition coefficient (Wildman–Crippen LogP) is 5.90. The SMILES string of the molecule is Cc1ccc(OC(=O)c2ccc3cc(OC(=O)c4ccc(C)cc4)ccc3c2)cc1. The van der Waals surface area contributed by atoms with Crippen molar-refractivity contribution in [3.8, 4) is 11.5 Å². The van der Waals surface area contributed by atoms with Crippen LogP contribution in [0.3, 0.4) is 0 Å². The van der Waals surface area contributed by atoms with Crippen molar-refractivity contribution in [3.05, 3.63) is 107 Å². The van der Waals surface area contributed by atoms with Crippen molar-refractivity contribution in [3.63, 3.8) is 0 Å². The number of fused-ring (bicyclic) bond motifs is 1. The highest BCUT2D eigenvalue weighted by molar-refractivity contribution is 5.97. The van der Waals surface area contributed by atoms with Crippen LogP contribution in [0.1, 0.15) is 31.8 Å². The lowest BCUT2D eigenvalue weighted by Gasteiger charge is -2.08. The van der Waals surface area contributed by atoms with E-state index in [0.29, 0.717) is 22.6 Å². The molecule has 0 heterocycles. The van der Waals surface area contributed by atoms with Gasteiger partial charge in [-0.25, -0.2) is 9.59 Å². The molecule has 4 heteroatoms. The Morgan fingerprint density at radius 3 is 1.70 bits per heavy atom. The van der Waals surface area contributed by atoms with Crippen molar-refractivity contribution >= 4 is 22.7 Å². The Labute approximate surface area is 174 Å². The summed E-state index contributed by atoms with van der Waals surface area (Å²) in [5.74, 6) is 0.121. The minimum absolute atomic E-state index is 0.410. The molecule has 0 aliphatic heterocycles. The van der Waals surface area contributed by atoms with Gasteiger partial charge in [0.2, 0.25) is 0 Å². The van der Waals surface area contributed by atoms with Gasteiger partial charge in [-0.05, 0) is 73.2 Å². The molecule has 0 bridgehead atoms. The highest BCUT2D eigenvalue weighted by Crippen LogP contribution is 2.24. The first-order chi connectivity index (χ1) is 14.5. The van der Waals surface area contributed by atoms with E-state index in [-0.39, 0.29) is 0 Å². The number of ether oxygens (including phenoxy) is 2. The van der Waals surface area contributed by atoms with Gasteiger partial charge in [0.05, 0.1) is 11.1 Å². The van der Waals surface area contributed by atoms with Crippen LogP contribution >= 0.6 is 0 Å². The van der Waals surface area contributed by atoms with E-state index >= 15 is 0 Å². The fraction of sp³-hybridized carbons (Fsp3) is 0.0769. The lowest BCUT2D eigenvalue weighted by molar-refractivity contribution is 0.0725. The topological polar surface area (TPSA) is 52.6 Å². The van der Waals surface area contributed by atoms with Crippen molar-refractivity contribution in [2.45, 2.75) is 13.8 Å². The van der Waals surface area contributed by atoms with Crippen molar-refractivity contribution < 1.29 is 19.1 Å². The van der Waals surface area contributed by atoms with E-state index in [1.54, 1.807) is 48.5 Å². The third kappa shape index (κ3) is 4.39. The lowest BCUT2D eigenvalue weighted by atomic mass is 10.1. The van der Waals surface area contributed by atoms with Gasteiger partial charge in [0, 0.05) is 0 Å². The second-order valence-corrected chi connectivity index (χ2v) is 7.18. The monoisotopic (exact) mass is 396 g/mol. The molecule has 0 atom stereocenters. The van der Waals surface area contributed by atoms with Crippen molar-refractivity contribution in [2.75, 3.05) is 0 Å². The maximum absolute atomic E-state index is 12.4. The molecular formula is C26H20O4. The maximum Gasteiger partial charge on any atom is 0.343 e. The Bertz CT molecular complexity index is 1220. The van der Waals surface area contributed by atoms with E-state index in [4.69, 9.17) is 9.47 Å². The van der Waals surface area contributed by atoms with Crippen LogP contribution < -0.4 is 9.47 Å². The molecule has 0 spiro atoms. The average molecular weight is 396 g/mol. The number of hydrogen-bond acceptors (Lipinski definition) is 4. The summed E-state index contributed by atoms with van der Waals surface area (Å²) < 4.78 is 10.9. The van der Waals surface area contributed by atoms with Gasteiger partial charge in [-0.3, -0.25) is 0 Å². The van der Waals surface area contributed by atoms with Crippen LogP contribution in [0.4, 0.5) is 0 Å². The Balaban J connectivity index is 1.50. The second-order valence-electron chi connectivity index (χ2n) is 7.18. The van der Waals surface area contributed by atoms with Crippen LogP contribution in [0.2, 0.25) is 0 Å². The second kappa shape index (κ2) is 8.21. The smallest absolute Gasteiger partial charge is 0.343 e. The molecule has 0 amide bonds. The molecule has 30 heavy (non-hydrogen) atoms.